The van der Waals surface area contributed by atoms with Crippen molar-refractivity contribution in [3.63, 3.8) is 0 Å². The monoisotopic (exact) mass is 418 g/mol. The van der Waals surface area contributed by atoms with E-state index in [0.717, 1.165) is 5.06 Å². The molecule has 5 unspecified atom stereocenters. The predicted molar refractivity (Wildman–Crippen MR) is 90.9 cm³/mol. The van der Waals surface area contributed by atoms with Crippen LogP contribution in [0.1, 0.15) is 25.7 Å². The lowest BCUT2D eigenvalue weighted by Gasteiger charge is -2.51. The minimum absolute atomic E-state index is 0.169. The van der Waals surface area contributed by atoms with Crippen molar-refractivity contribution in [3.05, 3.63) is 0 Å². The van der Waals surface area contributed by atoms with Gasteiger partial charge in [0.1, 0.15) is 24.4 Å². The van der Waals surface area contributed by atoms with E-state index < -0.39 is 60.5 Å². The maximum Gasteiger partial charge on any atom is 0.277 e. The molecule has 164 valence electrons. The number of piperazine rings is 1. The van der Waals surface area contributed by atoms with Gasteiger partial charge in [-0.2, -0.15) is 10.5 Å². The smallest absolute Gasteiger partial charge is 0.277 e. The van der Waals surface area contributed by atoms with Gasteiger partial charge in [-0.1, -0.05) is 0 Å². The third-order valence-electron chi connectivity index (χ3n) is 5.75. The van der Waals surface area contributed by atoms with Gasteiger partial charge in [0.2, 0.25) is 11.4 Å². The predicted octanol–water partition coefficient (Wildman–Crippen LogP) is -4.23. The van der Waals surface area contributed by atoms with Crippen LogP contribution in [0, 0.1) is 0 Å². The van der Waals surface area contributed by atoms with Crippen LogP contribution in [0.5, 0.6) is 0 Å². The van der Waals surface area contributed by atoms with Crippen molar-refractivity contribution in [2.75, 3.05) is 19.7 Å². The molecule has 0 radical (unpaired) electrons. The summed E-state index contributed by atoms with van der Waals surface area (Å²) in [6.07, 6.45) is -5.58. The van der Waals surface area contributed by atoms with Gasteiger partial charge in [-0.15, -0.1) is 0 Å². The molecule has 4 heterocycles. The topological polar surface area (TPSA) is 182 Å². The molecule has 0 aliphatic carbocycles. The van der Waals surface area contributed by atoms with E-state index in [2.05, 4.69) is 16.1 Å². The Morgan fingerprint density at radius 2 is 1.69 bits per heavy atom. The van der Waals surface area contributed by atoms with Crippen molar-refractivity contribution in [3.8, 4) is 0 Å². The second-order valence-corrected chi connectivity index (χ2v) is 7.72. The number of amides is 2. The molecule has 0 aromatic heterocycles. The first kappa shape index (κ1) is 20.8. The quantitative estimate of drug-likeness (QED) is 0.231. The first-order valence-corrected chi connectivity index (χ1v) is 9.64. The normalized spacial score (nSPS) is 46.6. The highest BCUT2D eigenvalue weighted by Crippen LogP contribution is 2.34. The van der Waals surface area contributed by atoms with Gasteiger partial charge in [-0.05, 0) is 12.8 Å². The second-order valence-electron chi connectivity index (χ2n) is 7.72. The Bertz CT molecular complexity index is 658. The number of carbonyl (C=O) groups excluding carboxylic acids is 2. The molecule has 7 N–H and O–H groups in total. The minimum atomic E-state index is -1.74. The molecular weight excluding hydrogens is 392 g/mol. The van der Waals surface area contributed by atoms with Crippen molar-refractivity contribution in [1.82, 2.24) is 21.2 Å². The van der Waals surface area contributed by atoms with Crippen molar-refractivity contribution in [2.45, 2.75) is 67.8 Å². The Labute approximate surface area is 165 Å². The van der Waals surface area contributed by atoms with Crippen molar-refractivity contribution >= 4 is 11.8 Å². The van der Waals surface area contributed by atoms with Crippen LogP contribution in [0.2, 0.25) is 0 Å². The van der Waals surface area contributed by atoms with Crippen LogP contribution >= 0.6 is 0 Å². The number of rotatable bonds is 2. The number of aliphatic hydroxyl groups is 4. The molecule has 2 spiro atoms. The number of hydrogen-bond donors (Lipinski definition) is 7. The summed E-state index contributed by atoms with van der Waals surface area (Å²) in [6.45, 7) is 0.179. The third-order valence-corrected chi connectivity index (χ3v) is 5.75. The molecule has 7 atom stereocenters. The molecule has 0 aromatic rings. The fourth-order valence-corrected chi connectivity index (χ4v) is 4.08. The fraction of sp³-hybridized carbons (Fsp3) is 0.875. The maximum absolute atomic E-state index is 12.9. The highest BCUT2D eigenvalue weighted by Gasteiger charge is 2.59. The lowest BCUT2D eigenvalue weighted by atomic mass is 9.94. The molecule has 4 fully saturated rings. The number of hydroxylamine groups is 3. The molecule has 0 aromatic carbocycles. The molecule has 13 heteroatoms. The van der Waals surface area contributed by atoms with Crippen LogP contribution in [0.4, 0.5) is 0 Å². The standard InChI is InChI=1S/C16H26N4O9/c21-7-8-9(22)10(23)11(24)12(27-8)20-6-2-4-16(29-20)14(26)18-15(13(25)19-16)3-1-5-17-28-15/h8-12,17,21-24H,1-7H2,(H,18,26)(H,19,25)/t8?,9?,10?,11?,12?,15-,16-/m1/s1. The first-order valence-electron chi connectivity index (χ1n) is 9.64. The zero-order chi connectivity index (χ0) is 20.8. The Kier molecular flexibility index (Phi) is 5.52. The first-order chi connectivity index (χ1) is 13.8. The highest BCUT2D eigenvalue weighted by molar-refractivity contribution is 6.00. The lowest BCUT2D eigenvalue weighted by Crippen LogP contribution is -2.79. The van der Waals surface area contributed by atoms with Crippen molar-refractivity contribution < 1.29 is 44.4 Å². The summed E-state index contributed by atoms with van der Waals surface area (Å²) in [4.78, 5) is 36.8. The van der Waals surface area contributed by atoms with E-state index in [0.29, 0.717) is 25.8 Å². The van der Waals surface area contributed by atoms with Gasteiger partial charge in [-0.3, -0.25) is 19.3 Å². The largest absolute Gasteiger partial charge is 0.394 e. The van der Waals surface area contributed by atoms with Gasteiger partial charge in [0.15, 0.2) is 6.23 Å². The zero-order valence-corrected chi connectivity index (χ0v) is 15.6. The molecule has 4 rings (SSSR count). The molecule has 0 bridgehead atoms. The minimum Gasteiger partial charge on any atom is -0.394 e. The van der Waals surface area contributed by atoms with E-state index in [1.807, 2.05) is 0 Å². The maximum atomic E-state index is 12.9. The molecule has 2 amide bonds. The Balaban J connectivity index is 1.52. The van der Waals surface area contributed by atoms with Gasteiger partial charge >= 0.3 is 0 Å². The summed E-state index contributed by atoms with van der Waals surface area (Å²) < 4.78 is 5.49. The second kappa shape index (κ2) is 7.68. The van der Waals surface area contributed by atoms with Crippen LogP contribution in [-0.2, 0) is 24.0 Å². The third kappa shape index (κ3) is 3.41. The van der Waals surface area contributed by atoms with Gasteiger partial charge in [-0.25, -0.2) is 0 Å². The fourth-order valence-electron chi connectivity index (χ4n) is 4.08. The summed E-state index contributed by atoms with van der Waals surface area (Å²) in [5.74, 6) is -1.19. The van der Waals surface area contributed by atoms with Gasteiger partial charge in [0.25, 0.3) is 11.8 Å². The Morgan fingerprint density at radius 1 is 1.00 bits per heavy atom. The number of carbonyl (C=O) groups is 2. The van der Waals surface area contributed by atoms with E-state index in [9.17, 15) is 30.0 Å². The average Bonchev–Trinajstić information content (AvgIpc) is 2.72. The lowest BCUT2D eigenvalue weighted by molar-refractivity contribution is -0.374. The van der Waals surface area contributed by atoms with Crippen LogP contribution in [-0.4, -0.2) is 99.1 Å². The van der Waals surface area contributed by atoms with E-state index in [1.165, 1.54) is 0 Å². The number of nitrogens with one attached hydrogen (secondary N) is 3. The van der Waals surface area contributed by atoms with Crippen molar-refractivity contribution in [1.29, 1.82) is 0 Å². The zero-order valence-electron chi connectivity index (χ0n) is 15.6. The van der Waals surface area contributed by atoms with E-state index in [-0.39, 0.29) is 13.0 Å². The Hall–Kier alpha value is -1.42. The van der Waals surface area contributed by atoms with Crippen molar-refractivity contribution in [2.24, 2.45) is 0 Å². The average molecular weight is 418 g/mol. The molecule has 13 nitrogen and oxygen atoms in total. The number of nitrogens with zero attached hydrogens (tertiary/aromatic N) is 1. The van der Waals surface area contributed by atoms with Gasteiger partial charge < -0.3 is 35.8 Å². The summed E-state index contributed by atoms with van der Waals surface area (Å²) in [6, 6.07) is 0. The molecule has 29 heavy (non-hydrogen) atoms. The number of ether oxygens (including phenoxy) is 1. The Morgan fingerprint density at radius 3 is 2.38 bits per heavy atom. The molecular formula is C16H26N4O9. The number of hydrogen-bond acceptors (Lipinski definition) is 11. The number of aliphatic hydroxyl groups excluding tert-OH is 4. The van der Waals surface area contributed by atoms with E-state index >= 15 is 0 Å². The van der Waals surface area contributed by atoms with E-state index in [4.69, 9.17) is 14.4 Å². The highest BCUT2D eigenvalue weighted by atomic mass is 16.7. The van der Waals surface area contributed by atoms with Crippen LogP contribution in [0.25, 0.3) is 0 Å². The summed E-state index contributed by atoms with van der Waals surface area (Å²) >= 11 is 0. The van der Waals surface area contributed by atoms with Gasteiger partial charge in [0.05, 0.1) is 6.61 Å². The molecule has 4 aliphatic heterocycles. The summed E-state index contributed by atoms with van der Waals surface area (Å²) in [7, 11) is 0. The summed E-state index contributed by atoms with van der Waals surface area (Å²) in [5.41, 5.74) is -0.635. The van der Waals surface area contributed by atoms with Crippen LogP contribution in [0.15, 0.2) is 0 Å². The van der Waals surface area contributed by atoms with Crippen LogP contribution < -0.4 is 16.1 Å². The SMILES string of the molecule is O=C1N[C@@]2(CCCN(C3OC(CO)C(O)C(O)C3O)O2)C(=O)N[C@@]12CCCNO2. The molecule has 0 saturated carbocycles. The summed E-state index contributed by atoms with van der Waals surface area (Å²) in [5, 5.41) is 46.0. The molecule has 4 aliphatic rings. The molecule has 4 saturated heterocycles. The van der Waals surface area contributed by atoms with Crippen LogP contribution in [0.3, 0.4) is 0 Å². The van der Waals surface area contributed by atoms with E-state index in [1.54, 1.807) is 0 Å². The van der Waals surface area contributed by atoms with Gasteiger partial charge in [0, 0.05) is 25.9 Å².